The number of aromatic amines is 1. The number of nitrogens with one attached hydrogen (secondary N) is 2. The predicted molar refractivity (Wildman–Crippen MR) is 138 cm³/mol. The second kappa shape index (κ2) is 10.8. The summed E-state index contributed by atoms with van der Waals surface area (Å²) in [5.41, 5.74) is 7.86. The molecule has 4 aromatic rings. The van der Waals surface area contributed by atoms with Crippen molar-refractivity contribution in [1.29, 1.82) is 0 Å². The number of rotatable bonds is 6. The van der Waals surface area contributed by atoms with Crippen molar-refractivity contribution >= 4 is 69.8 Å². The minimum Gasteiger partial charge on any atom is -0.325 e. The summed E-state index contributed by atoms with van der Waals surface area (Å²) in [6, 6.07) is 10.3. The zero-order chi connectivity index (χ0) is 23.7. The lowest BCUT2D eigenvalue weighted by Gasteiger charge is -2.09. The number of nitrogens with zero attached hydrogens (tertiary/aromatic N) is 3. The van der Waals surface area contributed by atoms with Crippen molar-refractivity contribution < 1.29 is 4.79 Å². The molecule has 0 saturated carbocycles. The summed E-state index contributed by atoms with van der Waals surface area (Å²) in [6.07, 6.45) is 0.872. The number of aryl methyl sites for hydroxylation is 1. The van der Waals surface area contributed by atoms with Gasteiger partial charge in [0.05, 0.1) is 22.3 Å². The highest BCUT2D eigenvalue weighted by Gasteiger charge is 2.20. The molecular formula is C22H20Cl4N6O2. The van der Waals surface area contributed by atoms with Crippen molar-refractivity contribution in [2.24, 2.45) is 5.73 Å². The predicted octanol–water partition coefficient (Wildman–Crippen LogP) is 4.54. The molecule has 0 aliphatic rings. The number of hydrogen-bond acceptors (Lipinski definition) is 5. The fraction of sp³-hybridized carbons (Fsp3) is 0.182. The molecule has 0 bridgehead atoms. The summed E-state index contributed by atoms with van der Waals surface area (Å²) in [6.45, 7) is 1.80. The Morgan fingerprint density at radius 2 is 1.79 bits per heavy atom. The Morgan fingerprint density at radius 1 is 1.15 bits per heavy atom. The summed E-state index contributed by atoms with van der Waals surface area (Å²) < 4.78 is 1.49. The molecule has 0 spiro atoms. The molecule has 34 heavy (non-hydrogen) atoms. The molecule has 2 aromatic heterocycles. The summed E-state index contributed by atoms with van der Waals surface area (Å²) in [7, 11) is 0. The van der Waals surface area contributed by atoms with Gasteiger partial charge < -0.3 is 16.0 Å². The van der Waals surface area contributed by atoms with Crippen molar-refractivity contribution in [1.82, 2.24) is 19.7 Å². The van der Waals surface area contributed by atoms with Crippen molar-refractivity contribution in [2.75, 3.05) is 11.9 Å². The molecule has 1 amide bonds. The Hall–Kier alpha value is -2.62. The van der Waals surface area contributed by atoms with Crippen molar-refractivity contribution in [2.45, 2.75) is 19.8 Å². The molecule has 12 heteroatoms. The molecule has 4 rings (SSSR count). The van der Waals surface area contributed by atoms with E-state index < -0.39 is 0 Å². The van der Waals surface area contributed by atoms with Crippen LogP contribution >= 0.6 is 47.2 Å². The van der Waals surface area contributed by atoms with Gasteiger partial charge in [-0.25, -0.2) is 9.67 Å². The monoisotopic (exact) mass is 540 g/mol. The first-order chi connectivity index (χ1) is 15.8. The van der Waals surface area contributed by atoms with E-state index in [9.17, 15) is 9.59 Å². The molecule has 8 nitrogen and oxygen atoms in total. The maximum Gasteiger partial charge on any atom is 0.262 e. The number of H-pyrrole nitrogens is 1. The Bertz CT molecular complexity index is 1390. The third-order valence-electron chi connectivity index (χ3n) is 4.98. The second-order valence-corrected chi connectivity index (χ2v) is 8.52. The van der Waals surface area contributed by atoms with Crippen LogP contribution < -0.4 is 16.6 Å². The van der Waals surface area contributed by atoms with Gasteiger partial charge in [0.15, 0.2) is 5.65 Å². The lowest BCUT2D eigenvalue weighted by atomic mass is 10.1. The van der Waals surface area contributed by atoms with E-state index in [0.29, 0.717) is 61.8 Å². The van der Waals surface area contributed by atoms with Crippen LogP contribution in [0.4, 0.5) is 5.69 Å². The zero-order valence-corrected chi connectivity index (χ0v) is 20.9. The normalized spacial score (nSPS) is 10.9. The number of benzene rings is 2. The van der Waals surface area contributed by atoms with Gasteiger partial charge >= 0.3 is 0 Å². The maximum atomic E-state index is 13.0. The Labute approximate surface area is 215 Å². The molecule has 0 fully saturated rings. The first-order valence-electron chi connectivity index (χ1n) is 10.0. The van der Waals surface area contributed by atoms with Crippen LogP contribution in [0.5, 0.6) is 0 Å². The summed E-state index contributed by atoms with van der Waals surface area (Å²) in [5, 5.41) is 8.58. The largest absolute Gasteiger partial charge is 0.325 e. The molecule has 0 aliphatic carbocycles. The van der Waals surface area contributed by atoms with E-state index in [-0.39, 0.29) is 30.4 Å². The van der Waals surface area contributed by atoms with Crippen LogP contribution in [0.15, 0.2) is 41.2 Å². The topological polar surface area (TPSA) is 119 Å². The van der Waals surface area contributed by atoms with Gasteiger partial charge in [-0.15, -0.1) is 12.4 Å². The SMILES string of the molecule is CCc1nn(-c2c(Cl)cc(Cl)cc2Cl)c2nc(Cc3ccc(NC(=O)CN)cc3)[nH]c(=O)c12.Cl. The minimum atomic E-state index is -0.300. The zero-order valence-electron chi connectivity index (χ0n) is 17.9. The standard InChI is InChI=1S/C22H19Cl3N6O2.ClH/c1-2-16-19-21(31(30-16)20-14(24)8-12(23)9-15(20)25)28-17(29-22(19)33)7-11-3-5-13(6-4-11)27-18(32)10-26;/h3-6,8-9H,2,7,10,26H2,1H3,(H,27,32)(H,28,29,33);1H. The van der Waals surface area contributed by atoms with E-state index in [1.165, 1.54) is 4.68 Å². The number of amides is 1. The third kappa shape index (κ3) is 5.21. The van der Waals surface area contributed by atoms with Crippen LogP contribution in [0.3, 0.4) is 0 Å². The van der Waals surface area contributed by atoms with Crippen molar-refractivity contribution in [3.63, 3.8) is 0 Å². The molecule has 0 aliphatic heterocycles. The summed E-state index contributed by atoms with van der Waals surface area (Å²) in [5.74, 6) is 0.162. The van der Waals surface area contributed by atoms with Gasteiger partial charge in [-0.2, -0.15) is 5.10 Å². The number of halogens is 4. The summed E-state index contributed by atoms with van der Waals surface area (Å²) >= 11 is 18.9. The van der Waals surface area contributed by atoms with Crippen molar-refractivity contribution in [3.8, 4) is 5.69 Å². The number of anilines is 1. The van der Waals surface area contributed by atoms with E-state index in [0.717, 1.165) is 5.56 Å². The van der Waals surface area contributed by atoms with Gasteiger partial charge in [0.2, 0.25) is 5.91 Å². The van der Waals surface area contributed by atoms with Gasteiger partial charge in [0, 0.05) is 17.1 Å². The molecule has 0 saturated heterocycles. The number of carbonyl (C=O) groups excluding carboxylic acids is 1. The number of aromatic nitrogens is 4. The number of carbonyl (C=O) groups is 1. The number of hydrogen-bond donors (Lipinski definition) is 3. The van der Waals surface area contributed by atoms with Crippen LogP contribution in [-0.4, -0.2) is 32.2 Å². The lowest BCUT2D eigenvalue weighted by Crippen LogP contribution is -2.21. The average molecular weight is 542 g/mol. The van der Waals surface area contributed by atoms with E-state index in [1.807, 2.05) is 19.1 Å². The first-order valence-corrected chi connectivity index (χ1v) is 11.2. The molecule has 0 radical (unpaired) electrons. The third-order valence-corrected chi connectivity index (χ3v) is 5.78. The first kappa shape index (κ1) is 26.0. The fourth-order valence-electron chi connectivity index (χ4n) is 3.47. The molecule has 2 heterocycles. The maximum absolute atomic E-state index is 13.0. The highest BCUT2D eigenvalue weighted by atomic mass is 35.5. The molecule has 2 aromatic carbocycles. The number of nitrogens with two attached hydrogens (primary N) is 1. The van der Waals surface area contributed by atoms with E-state index in [4.69, 9.17) is 40.5 Å². The summed E-state index contributed by atoms with van der Waals surface area (Å²) in [4.78, 5) is 31.9. The average Bonchev–Trinajstić information content (AvgIpc) is 3.13. The van der Waals surface area contributed by atoms with E-state index >= 15 is 0 Å². The van der Waals surface area contributed by atoms with Gasteiger partial charge in [-0.3, -0.25) is 9.59 Å². The van der Waals surface area contributed by atoms with E-state index in [1.54, 1.807) is 24.3 Å². The van der Waals surface area contributed by atoms with Crippen LogP contribution in [0.2, 0.25) is 15.1 Å². The van der Waals surface area contributed by atoms with Gasteiger partial charge in [0.1, 0.15) is 16.9 Å². The second-order valence-electron chi connectivity index (χ2n) is 7.27. The van der Waals surface area contributed by atoms with E-state index in [2.05, 4.69) is 20.4 Å². The van der Waals surface area contributed by atoms with Crippen LogP contribution in [0, 0.1) is 0 Å². The Kier molecular flexibility index (Phi) is 8.22. The smallest absolute Gasteiger partial charge is 0.262 e. The molecule has 4 N–H and O–H groups in total. The molecule has 0 unspecified atom stereocenters. The van der Waals surface area contributed by atoms with Crippen LogP contribution in [0.1, 0.15) is 24.0 Å². The van der Waals surface area contributed by atoms with Gasteiger partial charge in [-0.05, 0) is 36.2 Å². The van der Waals surface area contributed by atoms with Gasteiger partial charge in [-0.1, -0.05) is 53.9 Å². The molecule has 0 atom stereocenters. The Morgan fingerprint density at radius 3 is 2.38 bits per heavy atom. The molecular weight excluding hydrogens is 522 g/mol. The minimum absolute atomic E-state index is 0. The fourth-order valence-corrected chi connectivity index (χ4v) is 4.45. The number of fused-ring (bicyclic) bond motifs is 1. The van der Waals surface area contributed by atoms with Gasteiger partial charge in [0.25, 0.3) is 5.56 Å². The quantitative estimate of drug-likeness (QED) is 0.331. The van der Waals surface area contributed by atoms with Crippen LogP contribution in [0.25, 0.3) is 16.7 Å². The highest BCUT2D eigenvalue weighted by molar-refractivity contribution is 6.40. The highest BCUT2D eigenvalue weighted by Crippen LogP contribution is 2.33. The molecule has 178 valence electrons. The van der Waals surface area contributed by atoms with Crippen LogP contribution in [-0.2, 0) is 17.6 Å². The van der Waals surface area contributed by atoms with Crippen molar-refractivity contribution in [3.05, 3.63) is 78.9 Å². The Balaban J connectivity index is 0.00000324. The lowest BCUT2D eigenvalue weighted by molar-refractivity contribution is -0.114.